The summed E-state index contributed by atoms with van der Waals surface area (Å²) in [7, 11) is 3.14. The molecule has 0 aliphatic carbocycles. The van der Waals surface area contributed by atoms with Gasteiger partial charge in [0.1, 0.15) is 12.4 Å². The van der Waals surface area contributed by atoms with E-state index in [0.29, 0.717) is 41.2 Å². The van der Waals surface area contributed by atoms with Gasteiger partial charge in [0.15, 0.2) is 17.3 Å². The molecule has 1 saturated heterocycles. The zero-order chi connectivity index (χ0) is 19.8. The Labute approximate surface area is 164 Å². The number of rotatable bonds is 9. The average Bonchev–Trinajstić information content (AvgIpc) is 3.18. The van der Waals surface area contributed by atoms with Crippen LogP contribution in [0.1, 0.15) is 24.3 Å². The molecule has 0 atom stereocenters. The summed E-state index contributed by atoms with van der Waals surface area (Å²) < 4.78 is 26.7. The quantitative estimate of drug-likeness (QED) is 0.703. The van der Waals surface area contributed by atoms with Crippen molar-refractivity contribution >= 4 is 5.91 Å². The highest BCUT2D eigenvalue weighted by Crippen LogP contribution is 2.31. The molecule has 1 aliphatic rings. The fourth-order valence-electron chi connectivity index (χ4n) is 3.00. The van der Waals surface area contributed by atoms with Crippen molar-refractivity contribution in [3.63, 3.8) is 0 Å². The maximum atomic E-state index is 12.1. The van der Waals surface area contributed by atoms with Crippen molar-refractivity contribution in [3.8, 4) is 17.2 Å². The van der Waals surface area contributed by atoms with Gasteiger partial charge in [0.05, 0.1) is 26.3 Å². The van der Waals surface area contributed by atoms with Gasteiger partial charge in [-0.15, -0.1) is 0 Å². The summed E-state index contributed by atoms with van der Waals surface area (Å²) in [6, 6.07) is 7.01. The van der Waals surface area contributed by atoms with Gasteiger partial charge in [0, 0.05) is 31.9 Å². The van der Waals surface area contributed by atoms with E-state index in [1.165, 1.54) is 0 Å². The Hall–Kier alpha value is -2.74. The standard InChI is InChI=1S/C20H26N2O6/c1-24-18-4-3-16(11-19(18)25-2)27-13-17-9-15(22-28-17)10-20(23)21-12-14-5-7-26-8-6-14/h3-4,9,11,14H,5-8,10,12-13H2,1-2H3,(H,21,23). The minimum absolute atomic E-state index is 0.0628. The number of nitrogens with one attached hydrogen (secondary N) is 1. The summed E-state index contributed by atoms with van der Waals surface area (Å²) in [5.74, 6) is 2.79. The van der Waals surface area contributed by atoms with Crippen LogP contribution in [0, 0.1) is 5.92 Å². The second-order valence-corrected chi connectivity index (χ2v) is 6.63. The van der Waals surface area contributed by atoms with Crippen LogP contribution in [0.15, 0.2) is 28.8 Å². The zero-order valence-corrected chi connectivity index (χ0v) is 16.2. The van der Waals surface area contributed by atoms with Gasteiger partial charge in [-0.25, -0.2) is 0 Å². The van der Waals surface area contributed by atoms with Gasteiger partial charge in [-0.1, -0.05) is 5.16 Å². The largest absolute Gasteiger partial charge is 0.493 e. The topological polar surface area (TPSA) is 92.1 Å². The fourth-order valence-corrected chi connectivity index (χ4v) is 3.00. The van der Waals surface area contributed by atoms with Gasteiger partial charge < -0.3 is 28.8 Å². The van der Waals surface area contributed by atoms with Crippen molar-refractivity contribution < 1.29 is 28.3 Å². The van der Waals surface area contributed by atoms with E-state index in [0.717, 1.165) is 26.1 Å². The molecule has 1 aliphatic heterocycles. The van der Waals surface area contributed by atoms with Crippen molar-refractivity contribution in [2.45, 2.75) is 25.9 Å². The van der Waals surface area contributed by atoms with Crippen LogP contribution in [0.4, 0.5) is 0 Å². The summed E-state index contributed by atoms with van der Waals surface area (Å²) in [5.41, 5.74) is 0.579. The summed E-state index contributed by atoms with van der Waals surface area (Å²) in [5, 5.41) is 6.90. The van der Waals surface area contributed by atoms with E-state index in [-0.39, 0.29) is 18.9 Å². The summed E-state index contributed by atoms with van der Waals surface area (Å²) in [6.07, 6.45) is 2.16. The van der Waals surface area contributed by atoms with Crippen molar-refractivity contribution in [2.24, 2.45) is 5.92 Å². The molecule has 0 spiro atoms. The molecule has 1 N–H and O–H groups in total. The van der Waals surface area contributed by atoms with Crippen LogP contribution in [0.2, 0.25) is 0 Å². The smallest absolute Gasteiger partial charge is 0.226 e. The van der Waals surface area contributed by atoms with E-state index >= 15 is 0 Å². The van der Waals surface area contributed by atoms with Gasteiger partial charge in [0.2, 0.25) is 5.91 Å². The minimum atomic E-state index is -0.0628. The lowest BCUT2D eigenvalue weighted by molar-refractivity contribution is -0.120. The number of carbonyl (C=O) groups is 1. The Morgan fingerprint density at radius 1 is 1.18 bits per heavy atom. The Kier molecular flexibility index (Phi) is 7.13. The third-order valence-electron chi connectivity index (χ3n) is 4.61. The Bertz CT molecular complexity index is 770. The highest BCUT2D eigenvalue weighted by atomic mass is 16.5. The van der Waals surface area contributed by atoms with Crippen molar-refractivity contribution in [2.75, 3.05) is 34.0 Å². The SMILES string of the molecule is COc1ccc(OCc2cc(CC(=O)NCC3CCOCC3)no2)cc1OC. The number of carbonyl (C=O) groups excluding carboxylic acids is 1. The van der Waals surface area contributed by atoms with Gasteiger partial charge in [0.25, 0.3) is 0 Å². The number of hydrogen-bond acceptors (Lipinski definition) is 7. The lowest BCUT2D eigenvalue weighted by atomic mass is 10.0. The molecule has 152 valence electrons. The van der Waals surface area contributed by atoms with Gasteiger partial charge in [-0.05, 0) is 30.9 Å². The normalized spacial score (nSPS) is 14.5. The zero-order valence-electron chi connectivity index (χ0n) is 16.2. The van der Waals surface area contributed by atoms with Gasteiger partial charge in [-0.3, -0.25) is 4.79 Å². The lowest BCUT2D eigenvalue weighted by Gasteiger charge is -2.21. The molecule has 0 bridgehead atoms. The third kappa shape index (κ3) is 5.63. The number of benzene rings is 1. The van der Waals surface area contributed by atoms with Crippen LogP contribution in [-0.2, 0) is 22.6 Å². The van der Waals surface area contributed by atoms with Gasteiger partial charge >= 0.3 is 0 Å². The molecule has 1 aromatic heterocycles. The first-order chi connectivity index (χ1) is 13.7. The highest BCUT2D eigenvalue weighted by Gasteiger charge is 2.16. The van der Waals surface area contributed by atoms with E-state index in [2.05, 4.69) is 10.5 Å². The monoisotopic (exact) mass is 390 g/mol. The number of amides is 1. The predicted molar refractivity (Wildman–Crippen MR) is 101 cm³/mol. The molecule has 2 heterocycles. The molecule has 0 saturated carbocycles. The molecule has 8 nitrogen and oxygen atoms in total. The molecule has 8 heteroatoms. The summed E-state index contributed by atoms with van der Waals surface area (Å²) in [4.78, 5) is 12.1. The molecule has 1 amide bonds. The maximum Gasteiger partial charge on any atom is 0.226 e. The van der Waals surface area contributed by atoms with E-state index in [1.807, 2.05) is 0 Å². The molecule has 1 fully saturated rings. The van der Waals surface area contributed by atoms with Crippen molar-refractivity contribution in [3.05, 3.63) is 35.7 Å². The van der Waals surface area contributed by atoms with E-state index in [4.69, 9.17) is 23.5 Å². The number of methoxy groups -OCH3 is 2. The Morgan fingerprint density at radius 3 is 2.71 bits per heavy atom. The van der Waals surface area contributed by atoms with Crippen LogP contribution < -0.4 is 19.5 Å². The van der Waals surface area contributed by atoms with E-state index in [1.54, 1.807) is 38.5 Å². The first kappa shape index (κ1) is 20.0. The Morgan fingerprint density at radius 2 is 1.96 bits per heavy atom. The molecule has 0 radical (unpaired) electrons. The van der Waals surface area contributed by atoms with Crippen LogP contribution in [0.25, 0.3) is 0 Å². The average molecular weight is 390 g/mol. The van der Waals surface area contributed by atoms with E-state index in [9.17, 15) is 4.79 Å². The molecular weight excluding hydrogens is 364 g/mol. The number of ether oxygens (including phenoxy) is 4. The van der Waals surface area contributed by atoms with E-state index < -0.39 is 0 Å². The molecule has 0 unspecified atom stereocenters. The third-order valence-corrected chi connectivity index (χ3v) is 4.61. The first-order valence-corrected chi connectivity index (χ1v) is 9.31. The fraction of sp³-hybridized carbons (Fsp3) is 0.500. The molecule has 3 rings (SSSR count). The van der Waals surface area contributed by atoms with Crippen LogP contribution in [0.5, 0.6) is 17.2 Å². The second kappa shape index (κ2) is 9.98. The van der Waals surface area contributed by atoms with Crippen LogP contribution >= 0.6 is 0 Å². The predicted octanol–water partition coefficient (Wildman–Crippen LogP) is 2.36. The molecule has 1 aromatic carbocycles. The minimum Gasteiger partial charge on any atom is -0.493 e. The lowest BCUT2D eigenvalue weighted by Crippen LogP contribution is -2.33. The van der Waals surface area contributed by atoms with Crippen molar-refractivity contribution in [1.82, 2.24) is 10.5 Å². The Balaban J connectivity index is 1.45. The van der Waals surface area contributed by atoms with Crippen LogP contribution in [-0.4, -0.2) is 45.0 Å². The van der Waals surface area contributed by atoms with Crippen LogP contribution in [0.3, 0.4) is 0 Å². The van der Waals surface area contributed by atoms with Gasteiger partial charge in [-0.2, -0.15) is 0 Å². The molecule has 2 aromatic rings. The molecule has 28 heavy (non-hydrogen) atoms. The number of nitrogens with zero attached hydrogens (tertiary/aromatic N) is 1. The summed E-state index contributed by atoms with van der Waals surface area (Å²) >= 11 is 0. The summed E-state index contributed by atoms with van der Waals surface area (Å²) in [6.45, 7) is 2.42. The second-order valence-electron chi connectivity index (χ2n) is 6.63. The maximum absolute atomic E-state index is 12.1. The van der Waals surface area contributed by atoms with Crippen molar-refractivity contribution in [1.29, 1.82) is 0 Å². The highest BCUT2D eigenvalue weighted by molar-refractivity contribution is 5.78. The number of hydrogen-bond donors (Lipinski definition) is 1. The number of aromatic nitrogens is 1. The first-order valence-electron chi connectivity index (χ1n) is 9.31. The molecular formula is C20H26N2O6.